The third kappa shape index (κ3) is 2.82. The first-order valence-electron chi connectivity index (χ1n) is 6.60. The topological polar surface area (TPSA) is 79.5 Å². The van der Waals surface area contributed by atoms with Gasteiger partial charge in [0.25, 0.3) is 0 Å². The molecule has 2 N–H and O–H groups in total. The summed E-state index contributed by atoms with van der Waals surface area (Å²) in [6.07, 6.45) is 5.81. The van der Waals surface area contributed by atoms with E-state index in [0.717, 1.165) is 23.6 Å². The average molecular weight is 275 g/mol. The van der Waals surface area contributed by atoms with Crippen LogP contribution in [0.15, 0.2) is 30.6 Å². The highest BCUT2D eigenvalue weighted by Crippen LogP contribution is 2.23. The Labute approximate surface area is 116 Å². The Balaban J connectivity index is 2.38. The largest absolute Gasteiger partial charge is 0.480 e. The van der Waals surface area contributed by atoms with Crippen LogP contribution in [0.2, 0.25) is 0 Å². The minimum atomic E-state index is -0.986. The van der Waals surface area contributed by atoms with Gasteiger partial charge in [0.05, 0.1) is 5.56 Å². The molecule has 0 aliphatic heterocycles. The van der Waals surface area contributed by atoms with E-state index >= 15 is 0 Å². The number of carboxylic acid groups (broad SMARTS) is 2. The Hall–Kier alpha value is -2.30. The highest BCUT2D eigenvalue weighted by Gasteiger charge is 2.19. The summed E-state index contributed by atoms with van der Waals surface area (Å²) in [5.41, 5.74) is 0.204. The molecule has 0 amide bonds. The maximum absolute atomic E-state index is 11.3. The number of carboxylic acids is 2. The highest BCUT2D eigenvalue weighted by atomic mass is 16.4. The summed E-state index contributed by atoms with van der Waals surface area (Å²) in [6.45, 7) is 2.02. The summed E-state index contributed by atoms with van der Waals surface area (Å²) < 4.78 is 1.66. The summed E-state index contributed by atoms with van der Waals surface area (Å²) in [6, 6.07) is 4.19. The van der Waals surface area contributed by atoms with Gasteiger partial charge in [0.1, 0.15) is 6.04 Å². The maximum atomic E-state index is 11.3. The molecule has 0 aliphatic rings. The van der Waals surface area contributed by atoms with Crippen molar-refractivity contribution in [1.82, 2.24) is 4.57 Å². The van der Waals surface area contributed by atoms with Crippen molar-refractivity contribution in [1.29, 1.82) is 0 Å². The predicted octanol–water partition coefficient (Wildman–Crippen LogP) is 3.16. The summed E-state index contributed by atoms with van der Waals surface area (Å²) in [5, 5.41) is 19.9. The van der Waals surface area contributed by atoms with Crippen LogP contribution in [0.25, 0.3) is 10.8 Å². The zero-order chi connectivity index (χ0) is 14.7. The fraction of sp³-hybridized carbons (Fsp3) is 0.333. The van der Waals surface area contributed by atoms with Crippen molar-refractivity contribution >= 4 is 22.7 Å². The molecule has 1 atom stereocenters. The molecule has 1 aromatic heterocycles. The van der Waals surface area contributed by atoms with Crippen molar-refractivity contribution in [3.63, 3.8) is 0 Å². The molecule has 5 heteroatoms. The smallest absolute Gasteiger partial charge is 0.335 e. The first-order valence-corrected chi connectivity index (χ1v) is 6.60. The van der Waals surface area contributed by atoms with Crippen LogP contribution in [0.5, 0.6) is 0 Å². The lowest BCUT2D eigenvalue weighted by molar-refractivity contribution is -0.141. The number of hydrogen-bond acceptors (Lipinski definition) is 2. The van der Waals surface area contributed by atoms with Gasteiger partial charge in [-0.3, -0.25) is 0 Å². The average Bonchev–Trinajstić information content (AvgIpc) is 2.80. The molecule has 1 heterocycles. The zero-order valence-electron chi connectivity index (χ0n) is 11.2. The van der Waals surface area contributed by atoms with E-state index in [9.17, 15) is 14.7 Å². The van der Waals surface area contributed by atoms with Crippen LogP contribution in [0.3, 0.4) is 0 Å². The van der Waals surface area contributed by atoms with Crippen molar-refractivity contribution < 1.29 is 19.8 Å². The SMILES string of the molecule is CCCCC(C(=O)O)n1cc2ccc(C(=O)O)cc2c1. The number of aromatic carboxylic acids is 1. The number of nitrogens with zero attached hydrogens (tertiary/aromatic N) is 1. The van der Waals surface area contributed by atoms with E-state index in [1.165, 1.54) is 6.07 Å². The predicted molar refractivity (Wildman–Crippen MR) is 75.1 cm³/mol. The first kappa shape index (κ1) is 14.1. The standard InChI is InChI=1S/C15H17NO4/c1-2-3-4-13(15(19)20)16-8-11-6-5-10(14(17)18)7-12(11)9-16/h5-9,13H,2-4H2,1H3,(H,17,18)(H,19,20). The second-order valence-corrected chi connectivity index (χ2v) is 4.85. The van der Waals surface area contributed by atoms with Crippen molar-refractivity contribution in [2.45, 2.75) is 32.2 Å². The molecule has 0 spiro atoms. The molecule has 0 radical (unpaired) electrons. The number of carbonyl (C=O) groups is 2. The lowest BCUT2D eigenvalue weighted by Crippen LogP contribution is -2.17. The molecule has 0 aliphatic carbocycles. The molecule has 0 fully saturated rings. The molecular weight excluding hydrogens is 258 g/mol. The van der Waals surface area contributed by atoms with Crippen LogP contribution in [0, 0.1) is 0 Å². The van der Waals surface area contributed by atoms with Gasteiger partial charge >= 0.3 is 11.9 Å². The summed E-state index contributed by atoms with van der Waals surface area (Å²) in [7, 11) is 0. The Morgan fingerprint density at radius 1 is 1.20 bits per heavy atom. The molecule has 0 saturated heterocycles. The number of rotatable bonds is 6. The quantitative estimate of drug-likeness (QED) is 0.848. The second kappa shape index (κ2) is 5.77. The van der Waals surface area contributed by atoms with Gasteiger partial charge in [-0.05, 0) is 23.9 Å². The summed E-state index contributed by atoms with van der Waals surface area (Å²) in [4.78, 5) is 22.3. The van der Waals surface area contributed by atoms with Crippen molar-refractivity contribution in [3.8, 4) is 0 Å². The van der Waals surface area contributed by atoms with E-state index in [2.05, 4.69) is 0 Å². The van der Waals surface area contributed by atoms with Gasteiger partial charge in [-0.2, -0.15) is 0 Å². The van der Waals surface area contributed by atoms with Crippen LogP contribution in [-0.4, -0.2) is 26.7 Å². The van der Waals surface area contributed by atoms with Crippen LogP contribution < -0.4 is 0 Å². The van der Waals surface area contributed by atoms with E-state index in [1.54, 1.807) is 29.1 Å². The molecule has 0 saturated carbocycles. The van der Waals surface area contributed by atoms with Crippen LogP contribution >= 0.6 is 0 Å². The Morgan fingerprint density at radius 2 is 1.90 bits per heavy atom. The van der Waals surface area contributed by atoms with E-state index in [0.29, 0.717) is 6.42 Å². The molecule has 1 unspecified atom stereocenters. The fourth-order valence-electron chi connectivity index (χ4n) is 2.27. The van der Waals surface area contributed by atoms with Crippen LogP contribution in [-0.2, 0) is 4.79 Å². The number of unbranched alkanes of at least 4 members (excludes halogenated alkanes) is 1. The maximum Gasteiger partial charge on any atom is 0.335 e. The van der Waals surface area contributed by atoms with Gasteiger partial charge < -0.3 is 14.8 Å². The van der Waals surface area contributed by atoms with Crippen LogP contribution in [0.4, 0.5) is 0 Å². The number of fused-ring (bicyclic) bond motifs is 1. The zero-order valence-corrected chi connectivity index (χ0v) is 11.2. The van der Waals surface area contributed by atoms with E-state index < -0.39 is 18.0 Å². The second-order valence-electron chi connectivity index (χ2n) is 4.85. The minimum Gasteiger partial charge on any atom is -0.480 e. The molecule has 2 rings (SSSR count). The molecule has 106 valence electrons. The van der Waals surface area contributed by atoms with Gasteiger partial charge in [0.15, 0.2) is 0 Å². The molecule has 0 bridgehead atoms. The van der Waals surface area contributed by atoms with Gasteiger partial charge in [-0.15, -0.1) is 0 Å². The molecule has 20 heavy (non-hydrogen) atoms. The van der Waals surface area contributed by atoms with E-state index in [-0.39, 0.29) is 5.56 Å². The minimum absolute atomic E-state index is 0.204. The normalized spacial score (nSPS) is 12.4. The number of benzene rings is 1. The van der Waals surface area contributed by atoms with Gasteiger partial charge in [0, 0.05) is 17.8 Å². The number of hydrogen-bond donors (Lipinski definition) is 2. The van der Waals surface area contributed by atoms with Gasteiger partial charge in [-0.1, -0.05) is 25.8 Å². The third-order valence-electron chi connectivity index (χ3n) is 3.39. The lowest BCUT2D eigenvalue weighted by atomic mass is 10.1. The molecule has 1 aromatic carbocycles. The van der Waals surface area contributed by atoms with Gasteiger partial charge in [-0.25, -0.2) is 9.59 Å². The van der Waals surface area contributed by atoms with E-state index in [4.69, 9.17) is 5.11 Å². The fourth-order valence-corrected chi connectivity index (χ4v) is 2.27. The van der Waals surface area contributed by atoms with Crippen molar-refractivity contribution in [2.75, 3.05) is 0 Å². The monoisotopic (exact) mass is 275 g/mol. The van der Waals surface area contributed by atoms with Crippen molar-refractivity contribution in [3.05, 3.63) is 36.2 Å². The number of aliphatic carboxylic acids is 1. The Bertz CT molecular complexity index is 644. The summed E-state index contributed by atoms with van der Waals surface area (Å²) >= 11 is 0. The van der Waals surface area contributed by atoms with Crippen molar-refractivity contribution in [2.24, 2.45) is 0 Å². The first-order chi connectivity index (χ1) is 9.52. The van der Waals surface area contributed by atoms with Crippen LogP contribution in [0.1, 0.15) is 42.6 Å². The third-order valence-corrected chi connectivity index (χ3v) is 3.39. The number of aromatic nitrogens is 1. The summed E-state index contributed by atoms with van der Waals surface area (Å²) in [5.74, 6) is -1.85. The highest BCUT2D eigenvalue weighted by molar-refractivity contribution is 5.94. The Morgan fingerprint density at radius 3 is 2.50 bits per heavy atom. The lowest BCUT2D eigenvalue weighted by Gasteiger charge is -2.13. The molecule has 5 nitrogen and oxygen atoms in total. The van der Waals surface area contributed by atoms with E-state index in [1.807, 2.05) is 6.92 Å². The molecule has 2 aromatic rings. The molecular formula is C15H17NO4. The Kier molecular flexibility index (Phi) is 4.08. The van der Waals surface area contributed by atoms with Gasteiger partial charge in [0.2, 0.25) is 0 Å².